The molecule has 0 radical (unpaired) electrons. The van der Waals surface area contributed by atoms with Gasteiger partial charge in [0.2, 0.25) is 0 Å². The summed E-state index contributed by atoms with van der Waals surface area (Å²) < 4.78 is 17.4. The van der Waals surface area contributed by atoms with Crippen LogP contribution in [0.5, 0.6) is 0 Å². The second-order valence-corrected chi connectivity index (χ2v) is 11.2. The molecule has 0 spiro atoms. The zero-order chi connectivity index (χ0) is 31.6. The number of aliphatic hydroxyl groups excluding tert-OH is 2. The summed E-state index contributed by atoms with van der Waals surface area (Å²) in [6, 6.07) is 16.8. The van der Waals surface area contributed by atoms with Crippen molar-refractivity contribution in [3.05, 3.63) is 92.7 Å². The third kappa shape index (κ3) is 7.98. The Balaban J connectivity index is 1.57. The Morgan fingerprint density at radius 1 is 0.977 bits per heavy atom. The first-order valence-corrected chi connectivity index (χ1v) is 14.5. The SMILES string of the molecule is CC(=O)O[C@H]1C(N=[N+]=[N-])[C@@H](O)[C@H](C)C([C@H]2O[C@H](CN(Cc3ccccc3)C(=O)OCc3ccccc3)CCC2N=[N+]=[N-])[C@@H]1O. The maximum absolute atomic E-state index is 13.4. The fraction of sp³-hybridized carbons (Fsp3) is 0.533. The van der Waals surface area contributed by atoms with Gasteiger partial charge in [-0.2, -0.15) is 0 Å². The van der Waals surface area contributed by atoms with Gasteiger partial charge in [0.25, 0.3) is 0 Å². The minimum absolute atomic E-state index is 0.0889. The standard InChI is InChI=1S/C30H37N7O7/c1-18-24(27(40)29(43-19(2)38)25(26(18)39)34-36-32)28-23(33-35-31)14-13-22(44-28)16-37(15-20-9-5-3-6-10-20)30(41)42-17-21-11-7-4-8-12-21/h3-12,18,22-29,39-40H,13-17H2,1-2H3/t18-,22+,23?,24?,25?,26+,27+,28+,29+/m1/s1. The molecule has 3 unspecified atom stereocenters. The number of carbonyl (C=O) groups is 2. The van der Waals surface area contributed by atoms with Crippen LogP contribution in [0.2, 0.25) is 0 Å². The lowest BCUT2D eigenvalue weighted by molar-refractivity contribution is -0.201. The van der Waals surface area contributed by atoms with Gasteiger partial charge in [-0.05, 0) is 40.9 Å². The molecule has 0 aromatic heterocycles. The van der Waals surface area contributed by atoms with Gasteiger partial charge in [0, 0.05) is 29.2 Å². The predicted molar refractivity (Wildman–Crippen MR) is 157 cm³/mol. The molecule has 234 valence electrons. The van der Waals surface area contributed by atoms with Crippen molar-refractivity contribution in [3.63, 3.8) is 0 Å². The van der Waals surface area contributed by atoms with Crippen LogP contribution in [-0.4, -0.2) is 76.3 Å². The number of azide groups is 2. The third-order valence-electron chi connectivity index (χ3n) is 8.25. The summed E-state index contributed by atoms with van der Waals surface area (Å²) in [5.41, 5.74) is 20.1. The average molecular weight is 608 g/mol. The lowest BCUT2D eigenvalue weighted by Gasteiger charge is -2.50. The van der Waals surface area contributed by atoms with E-state index in [2.05, 4.69) is 20.1 Å². The molecule has 1 amide bonds. The van der Waals surface area contributed by atoms with Crippen molar-refractivity contribution in [2.75, 3.05) is 6.54 Å². The third-order valence-corrected chi connectivity index (χ3v) is 8.25. The molecule has 0 bridgehead atoms. The highest BCUT2D eigenvalue weighted by Crippen LogP contribution is 2.41. The summed E-state index contributed by atoms with van der Waals surface area (Å²) in [6.07, 6.45) is -5.23. The lowest BCUT2D eigenvalue weighted by Crippen LogP contribution is -2.63. The number of carbonyl (C=O) groups excluding carboxylic acids is 2. The number of benzene rings is 2. The van der Waals surface area contributed by atoms with E-state index in [-0.39, 0.29) is 19.7 Å². The van der Waals surface area contributed by atoms with E-state index in [0.29, 0.717) is 12.8 Å². The zero-order valence-corrected chi connectivity index (χ0v) is 24.6. The summed E-state index contributed by atoms with van der Waals surface area (Å²) in [7, 11) is 0. The van der Waals surface area contributed by atoms with Crippen molar-refractivity contribution >= 4 is 12.1 Å². The second kappa shape index (κ2) is 15.4. The average Bonchev–Trinajstić information content (AvgIpc) is 3.02. The number of nitrogens with zero attached hydrogens (tertiary/aromatic N) is 7. The first kappa shape index (κ1) is 32.6. The van der Waals surface area contributed by atoms with Crippen molar-refractivity contribution in [1.82, 2.24) is 4.90 Å². The molecule has 14 heteroatoms. The van der Waals surface area contributed by atoms with E-state index in [1.807, 2.05) is 60.7 Å². The molecule has 2 aliphatic rings. The molecule has 4 rings (SSSR count). The van der Waals surface area contributed by atoms with E-state index in [1.54, 1.807) is 11.8 Å². The van der Waals surface area contributed by atoms with Crippen LogP contribution >= 0.6 is 0 Å². The summed E-state index contributed by atoms with van der Waals surface area (Å²) in [5.74, 6) is -2.30. The molecule has 2 aromatic rings. The van der Waals surface area contributed by atoms with E-state index >= 15 is 0 Å². The molecular weight excluding hydrogens is 570 g/mol. The van der Waals surface area contributed by atoms with Crippen molar-refractivity contribution in [2.24, 2.45) is 22.1 Å². The van der Waals surface area contributed by atoms with Gasteiger partial charge in [0.05, 0.1) is 37.0 Å². The minimum atomic E-state index is -1.41. The number of ether oxygens (including phenoxy) is 3. The Bertz CT molecular complexity index is 1350. The van der Waals surface area contributed by atoms with Crippen LogP contribution in [0, 0.1) is 11.8 Å². The first-order chi connectivity index (χ1) is 21.2. The lowest BCUT2D eigenvalue weighted by atomic mass is 9.68. The van der Waals surface area contributed by atoms with Crippen molar-refractivity contribution < 1.29 is 34.0 Å². The molecule has 1 saturated carbocycles. The van der Waals surface area contributed by atoms with Crippen LogP contribution in [-0.2, 0) is 32.2 Å². The molecule has 2 N–H and O–H groups in total. The Hall–Kier alpha value is -4.32. The number of hydrogen-bond donors (Lipinski definition) is 2. The number of aliphatic hydroxyl groups is 2. The van der Waals surface area contributed by atoms with E-state index in [4.69, 9.17) is 19.7 Å². The Morgan fingerprint density at radius 2 is 1.61 bits per heavy atom. The molecule has 1 saturated heterocycles. The fourth-order valence-corrected chi connectivity index (χ4v) is 6.12. The predicted octanol–water partition coefficient (Wildman–Crippen LogP) is 4.65. The number of esters is 1. The van der Waals surface area contributed by atoms with Crippen LogP contribution in [0.4, 0.5) is 4.79 Å². The Morgan fingerprint density at radius 3 is 2.23 bits per heavy atom. The Labute approximate surface area is 254 Å². The van der Waals surface area contributed by atoms with Gasteiger partial charge in [-0.3, -0.25) is 4.79 Å². The van der Waals surface area contributed by atoms with E-state index in [9.17, 15) is 25.3 Å². The molecule has 1 aliphatic carbocycles. The van der Waals surface area contributed by atoms with E-state index in [0.717, 1.165) is 18.1 Å². The van der Waals surface area contributed by atoms with Crippen molar-refractivity contribution in [2.45, 2.75) is 82.4 Å². The smallest absolute Gasteiger partial charge is 0.410 e. The van der Waals surface area contributed by atoms with Gasteiger partial charge >= 0.3 is 12.1 Å². The van der Waals surface area contributed by atoms with Crippen LogP contribution in [0.1, 0.15) is 37.8 Å². The van der Waals surface area contributed by atoms with Crippen LogP contribution in [0.15, 0.2) is 70.9 Å². The summed E-state index contributed by atoms with van der Waals surface area (Å²) in [5, 5.41) is 30.1. The number of rotatable bonds is 10. The highest BCUT2D eigenvalue weighted by Gasteiger charge is 2.54. The summed E-state index contributed by atoms with van der Waals surface area (Å²) in [6.45, 7) is 3.28. The maximum Gasteiger partial charge on any atom is 0.410 e. The number of amides is 1. The second-order valence-electron chi connectivity index (χ2n) is 11.2. The normalized spacial score (nSPS) is 29.8. The molecular formula is C30H37N7O7. The van der Waals surface area contributed by atoms with Crippen molar-refractivity contribution in [3.8, 4) is 0 Å². The Kier molecular flexibility index (Phi) is 11.4. The maximum atomic E-state index is 13.4. The van der Waals surface area contributed by atoms with Gasteiger partial charge < -0.3 is 29.3 Å². The molecule has 2 aromatic carbocycles. The van der Waals surface area contributed by atoms with E-state index in [1.165, 1.54) is 0 Å². The van der Waals surface area contributed by atoms with Crippen LogP contribution in [0.3, 0.4) is 0 Å². The van der Waals surface area contributed by atoms with Gasteiger partial charge in [-0.15, -0.1) is 0 Å². The molecule has 2 fully saturated rings. The van der Waals surface area contributed by atoms with E-state index < -0.39 is 66.5 Å². The van der Waals surface area contributed by atoms with Crippen LogP contribution < -0.4 is 0 Å². The molecule has 9 atom stereocenters. The van der Waals surface area contributed by atoms with Gasteiger partial charge in [0.15, 0.2) is 0 Å². The topological polar surface area (TPSA) is 203 Å². The van der Waals surface area contributed by atoms with Crippen LogP contribution in [0.25, 0.3) is 20.9 Å². The van der Waals surface area contributed by atoms with Gasteiger partial charge in [-0.1, -0.05) is 77.8 Å². The van der Waals surface area contributed by atoms with Gasteiger partial charge in [-0.25, -0.2) is 4.79 Å². The fourth-order valence-electron chi connectivity index (χ4n) is 6.12. The van der Waals surface area contributed by atoms with Crippen molar-refractivity contribution in [1.29, 1.82) is 0 Å². The molecule has 44 heavy (non-hydrogen) atoms. The molecule has 1 aliphatic heterocycles. The highest BCUT2D eigenvalue weighted by molar-refractivity contribution is 5.68. The largest absolute Gasteiger partial charge is 0.459 e. The van der Waals surface area contributed by atoms with Gasteiger partial charge in [0.1, 0.15) is 18.8 Å². The summed E-state index contributed by atoms with van der Waals surface area (Å²) >= 11 is 0. The monoisotopic (exact) mass is 607 g/mol. The summed E-state index contributed by atoms with van der Waals surface area (Å²) in [4.78, 5) is 32.5. The quantitative estimate of drug-likeness (QED) is 0.169. The minimum Gasteiger partial charge on any atom is -0.459 e. The zero-order valence-electron chi connectivity index (χ0n) is 24.6. The first-order valence-electron chi connectivity index (χ1n) is 14.5. The molecule has 14 nitrogen and oxygen atoms in total. The highest BCUT2D eigenvalue weighted by atomic mass is 16.6. The number of hydrogen-bond acceptors (Lipinski definition) is 9. The molecule has 1 heterocycles.